The molecule has 2 aliphatic rings. The van der Waals surface area contributed by atoms with E-state index in [-0.39, 0.29) is 12.0 Å². The lowest BCUT2D eigenvalue weighted by molar-refractivity contribution is -0.117. The maximum absolute atomic E-state index is 12.9. The number of hydrogen-bond acceptors (Lipinski definition) is 6. The molecule has 0 aromatic carbocycles. The molecule has 0 radical (unpaired) electrons. The number of amides is 1. The lowest BCUT2D eigenvalue weighted by Crippen LogP contribution is -2.37. The molecule has 0 unspecified atom stereocenters. The number of nitrogens with zero attached hydrogens (tertiary/aromatic N) is 2. The van der Waals surface area contributed by atoms with Crippen molar-refractivity contribution in [1.29, 1.82) is 5.26 Å². The number of carbonyl (C=O) groups is 1. The number of anilines is 1. The van der Waals surface area contributed by atoms with E-state index in [0.717, 1.165) is 56.8 Å². The molecule has 154 valence electrons. The van der Waals surface area contributed by atoms with Crippen LogP contribution in [0.3, 0.4) is 0 Å². The zero-order chi connectivity index (χ0) is 20.1. The number of fused-ring (bicyclic) bond motifs is 1. The molecule has 7 heteroatoms. The highest BCUT2D eigenvalue weighted by molar-refractivity contribution is 7.16. The van der Waals surface area contributed by atoms with Crippen LogP contribution in [0.2, 0.25) is 0 Å². The lowest BCUT2D eigenvalue weighted by Gasteiger charge is -2.24. The molecule has 1 saturated heterocycles. The third-order valence-electron chi connectivity index (χ3n) is 5.60. The van der Waals surface area contributed by atoms with Crippen LogP contribution in [0.25, 0.3) is 0 Å². The smallest absolute Gasteiger partial charge is 0.239 e. The van der Waals surface area contributed by atoms with Gasteiger partial charge in [-0.1, -0.05) is 12.5 Å². The second-order valence-corrected chi connectivity index (χ2v) is 9.95. The van der Waals surface area contributed by atoms with Crippen LogP contribution in [0, 0.1) is 11.3 Å². The number of carbonyl (C=O) groups excluding carboxylic acids is 1. The van der Waals surface area contributed by atoms with Gasteiger partial charge in [0.1, 0.15) is 11.1 Å². The van der Waals surface area contributed by atoms with E-state index in [1.165, 1.54) is 28.2 Å². The highest BCUT2D eigenvalue weighted by Crippen LogP contribution is 2.37. The molecule has 0 bridgehead atoms. The standard InChI is InChI=1S/C22H27N3O2S2/c23-12-19-18-8-2-1-3-9-20(18)29-22(19)24-21(26)15-25(13-16-6-4-10-27-16)14-17-7-5-11-28-17/h5,7,11,16H,1-4,6,8-10,13-15H2,(H,24,26)/t16-/m1/s1. The SMILES string of the molecule is N#Cc1c(NC(=O)CN(Cc2cccs2)C[C@H]2CCCO2)sc2c1CCCCC2. The van der Waals surface area contributed by atoms with Gasteiger partial charge >= 0.3 is 0 Å². The Morgan fingerprint density at radius 1 is 1.31 bits per heavy atom. The molecule has 4 rings (SSSR count). The van der Waals surface area contributed by atoms with Crippen LogP contribution in [-0.4, -0.2) is 36.6 Å². The summed E-state index contributed by atoms with van der Waals surface area (Å²) in [5.74, 6) is -0.0486. The van der Waals surface area contributed by atoms with Crippen molar-refractivity contribution in [1.82, 2.24) is 4.90 Å². The molecule has 2 aromatic heterocycles. The number of rotatable bonds is 7. The molecule has 29 heavy (non-hydrogen) atoms. The van der Waals surface area contributed by atoms with Crippen molar-refractivity contribution in [2.45, 2.75) is 57.6 Å². The molecule has 3 heterocycles. The van der Waals surface area contributed by atoms with Crippen LogP contribution in [0.4, 0.5) is 5.00 Å². The minimum Gasteiger partial charge on any atom is -0.377 e. The average molecular weight is 430 g/mol. The number of nitriles is 1. The van der Waals surface area contributed by atoms with Crippen molar-refractivity contribution in [2.75, 3.05) is 25.0 Å². The van der Waals surface area contributed by atoms with Gasteiger partial charge in [0.25, 0.3) is 0 Å². The van der Waals surface area contributed by atoms with Gasteiger partial charge in [0.05, 0.1) is 18.2 Å². The van der Waals surface area contributed by atoms with E-state index < -0.39 is 0 Å². The number of nitrogens with one attached hydrogen (secondary N) is 1. The van der Waals surface area contributed by atoms with Gasteiger partial charge in [0.15, 0.2) is 0 Å². The lowest BCUT2D eigenvalue weighted by atomic mass is 10.1. The molecule has 1 N–H and O–H groups in total. The fourth-order valence-electron chi connectivity index (χ4n) is 4.20. The first-order valence-corrected chi connectivity index (χ1v) is 12.1. The normalized spacial score (nSPS) is 19.0. The molecule has 0 saturated carbocycles. The fourth-order valence-corrected chi connectivity index (χ4v) is 6.20. The summed E-state index contributed by atoms with van der Waals surface area (Å²) in [7, 11) is 0. The molecule has 1 amide bonds. The predicted octanol–water partition coefficient (Wildman–Crippen LogP) is 4.57. The minimum absolute atomic E-state index is 0.0486. The van der Waals surface area contributed by atoms with Crippen molar-refractivity contribution >= 4 is 33.6 Å². The first kappa shape index (κ1) is 20.5. The molecule has 1 aliphatic heterocycles. The van der Waals surface area contributed by atoms with E-state index >= 15 is 0 Å². The Morgan fingerprint density at radius 2 is 2.21 bits per heavy atom. The molecule has 1 aliphatic carbocycles. The van der Waals surface area contributed by atoms with E-state index in [1.54, 1.807) is 22.7 Å². The second kappa shape index (κ2) is 9.86. The Labute approximate surface area is 180 Å². The minimum atomic E-state index is -0.0486. The summed E-state index contributed by atoms with van der Waals surface area (Å²) in [6.07, 6.45) is 7.84. The van der Waals surface area contributed by atoms with Crippen LogP contribution in [0.1, 0.15) is 53.0 Å². The van der Waals surface area contributed by atoms with Crippen molar-refractivity contribution in [2.24, 2.45) is 0 Å². The van der Waals surface area contributed by atoms with Crippen LogP contribution in [0.15, 0.2) is 17.5 Å². The Bertz CT molecular complexity index is 863. The summed E-state index contributed by atoms with van der Waals surface area (Å²) in [5.41, 5.74) is 1.85. The molecule has 0 spiro atoms. The number of thiophene rings is 2. The molecule has 2 aromatic rings. The van der Waals surface area contributed by atoms with Gasteiger partial charge in [0.2, 0.25) is 5.91 Å². The van der Waals surface area contributed by atoms with Crippen LogP contribution < -0.4 is 5.32 Å². The summed E-state index contributed by atoms with van der Waals surface area (Å²) in [5, 5.41) is 15.5. The molecule has 1 fully saturated rings. The van der Waals surface area contributed by atoms with Gasteiger partial charge < -0.3 is 10.1 Å². The Hall–Kier alpha value is -1.72. The van der Waals surface area contributed by atoms with Crippen molar-refractivity contribution in [3.05, 3.63) is 38.4 Å². The predicted molar refractivity (Wildman–Crippen MR) is 117 cm³/mol. The van der Waals surface area contributed by atoms with Crippen molar-refractivity contribution in [3.8, 4) is 6.07 Å². The van der Waals surface area contributed by atoms with Crippen LogP contribution in [0.5, 0.6) is 0 Å². The first-order chi connectivity index (χ1) is 14.2. The molecular formula is C22H27N3O2S2. The zero-order valence-corrected chi connectivity index (χ0v) is 18.2. The van der Waals surface area contributed by atoms with E-state index in [1.807, 2.05) is 6.07 Å². The Kier molecular flexibility index (Phi) is 6.98. The van der Waals surface area contributed by atoms with Crippen molar-refractivity contribution in [3.63, 3.8) is 0 Å². The van der Waals surface area contributed by atoms with Gasteiger partial charge in [-0.2, -0.15) is 5.26 Å². The van der Waals surface area contributed by atoms with E-state index in [0.29, 0.717) is 12.1 Å². The van der Waals surface area contributed by atoms with Crippen LogP contribution >= 0.6 is 22.7 Å². The Morgan fingerprint density at radius 3 is 2.97 bits per heavy atom. The third kappa shape index (κ3) is 5.26. The quantitative estimate of drug-likeness (QED) is 0.655. The van der Waals surface area contributed by atoms with Gasteiger partial charge in [-0.3, -0.25) is 9.69 Å². The van der Waals surface area contributed by atoms with Crippen LogP contribution in [-0.2, 0) is 28.9 Å². The largest absolute Gasteiger partial charge is 0.377 e. The summed E-state index contributed by atoms with van der Waals surface area (Å²) in [4.78, 5) is 17.6. The van der Waals surface area contributed by atoms with E-state index in [2.05, 4.69) is 27.7 Å². The zero-order valence-electron chi connectivity index (χ0n) is 16.6. The average Bonchev–Trinajstić information content (AvgIpc) is 3.42. The summed E-state index contributed by atoms with van der Waals surface area (Å²) < 4.78 is 5.79. The maximum atomic E-state index is 12.9. The number of ether oxygens (including phenoxy) is 1. The monoisotopic (exact) mass is 429 g/mol. The Balaban J connectivity index is 1.44. The third-order valence-corrected chi connectivity index (χ3v) is 7.67. The van der Waals surface area contributed by atoms with Gasteiger partial charge in [-0.25, -0.2) is 0 Å². The number of hydrogen-bond donors (Lipinski definition) is 1. The molecule has 5 nitrogen and oxygen atoms in total. The maximum Gasteiger partial charge on any atom is 0.239 e. The van der Waals surface area contributed by atoms with E-state index in [4.69, 9.17) is 4.74 Å². The fraction of sp³-hybridized carbons (Fsp3) is 0.545. The molecule has 1 atom stereocenters. The second-order valence-electron chi connectivity index (χ2n) is 7.81. The highest BCUT2D eigenvalue weighted by Gasteiger charge is 2.24. The number of aryl methyl sites for hydroxylation is 1. The molecular weight excluding hydrogens is 402 g/mol. The summed E-state index contributed by atoms with van der Waals surface area (Å²) in [6, 6.07) is 6.50. The van der Waals surface area contributed by atoms with Gasteiger partial charge in [-0.15, -0.1) is 22.7 Å². The first-order valence-electron chi connectivity index (χ1n) is 10.4. The topological polar surface area (TPSA) is 65.4 Å². The highest BCUT2D eigenvalue weighted by atomic mass is 32.1. The van der Waals surface area contributed by atoms with E-state index in [9.17, 15) is 10.1 Å². The van der Waals surface area contributed by atoms with Gasteiger partial charge in [-0.05, 0) is 55.5 Å². The summed E-state index contributed by atoms with van der Waals surface area (Å²) >= 11 is 3.31. The van der Waals surface area contributed by atoms with Gasteiger partial charge in [0, 0.05) is 29.5 Å². The van der Waals surface area contributed by atoms with Crippen molar-refractivity contribution < 1.29 is 9.53 Å². The summed E-state index contributed by atoms with van der Waals surface area (Å²) in [6.45, 7) is 2.63.